The molecule has 1 rings (SSSR count). The lowest BCUT2D eigenvalue weighted by molar-refractivity contribution is 0.630. The Hall–Kier alpha value is -1.01. The van der Waals surface area contributed by atoms with Crippen molar-refractivity contribution in [3.8, 4) is 11.8 Å². The van der Waals surface area contributed by atoms with E-state index in [4.69, 9.17) is 0 Å². The second-order valence-corrected chi connectivity index (χ2v) is 3.23. The van der Waals surface area contributed by atoms with Gasteiger partial charge in [0.2, 0.25) is 0 Å². The first kappa shape index (κ1) is 10.1. The summed E-state index contributed by atoms with van der Waals surface area (Å²) in [6.07, 6.45) is 0. The predicted molar refractivity (Wildman–Crippen MR) is 56.0 cm³/mol. The van der Waals surface area contributed by atoms with Crippen LogP contribution in [0.25, 0.3) is 0 Å². The van der Waals surface area contributed by atoms with Crippen molar-refractivity contribution in [2.24, 2.45) is 0 Å². The SMILES string of the molecule is CC#CCNc1c(F)cccc1Br. The molecule has 0 heterocycles. The quantitative estimate of drug-likeness (QED) is 0.786. The molecule has 0 aliphatic heterocycles. The Kier molecular flexibility index (Phi) is 3.78. The maximum Gasteiger partial charge on any atom is 0.147 e. The highest BCUT2D eigenvalue weighted by atomic mass is 79.9. The molecule has 0 aliphatic rings. The van der Waals surface area contributed by atoms with E-state index in [9.17, 15) is 4.39 Å². The molecule has 1 aromatic rings. The van der Waals surface area contributed by atoms with Gasteiger partial charge < -0.3 is 5.32 Å². The topological polar surface area (TPSA) is 12.0 Å². The first-order chi connectivity index (χ1) is 6.25. The Morgan fingerprint density at radius 3 is 2.92 bits per heavy atom. The molecule has 0 aromatic heterocycles. The smallest absolute Gasteiger partial charge is 0.147 e. The van der Waals surface area contributed by atoms with Crippen molar-refractivity contribution in [3.05, 3.63) is 28.5 Å². The number of nitrogens with one attached hydrogen (secondary N) is 1. The van der Waals surface area contributed by atoms with Gasteiger partial charge >= 0.3 is 0 Å². The largest absolute Gasteiger partial charge is 0.371 e. The molecule has 0 aliphatic carbocycles. The van der Waals surface area contributed by atoms with Gasteiger partial charge in [0.25, 0.3) is 0 Å². The second-order valence-electron chi connectivity index (χ2n) is 2.38. The van der Waals surface area contributed by atoms with Crippen LogP contribution in [0.3, 0.4) is 0 Å². The maximum atomic E-state index is 13.1. The normalized spacial score (nSPS) is 8.85. The molecule has 0 amide bonds. The van der Waals surface area contributed by atoms with Crippen molar-refractivity contribution in [1.29, 1.82) is 0 Å². The van der Waals surface area contributed by atoms with E-state index in [0.717, 1.165) is 0 Å². The first-order valence-electron chi connectivity index (χ1n) is 3.83. The lowest BCUT2D eigenvalue weighted by Gasteiger charge is -2.05. The number of benzene rings is 1. The minimum Gasteiger partial charge on any atom is -0.371 e. The lowest BCUT2D eigenvalue weighted by atomic mass is 10.3. The average Bonchev–Trinajstić information content (AvgIpc) is 2.10. The van der Waals surface area contributed by atoms with E-state index in [-0.39, 0.29) is 5.82 Å². The summed E-state index contributed by atoms with van der Waals surface area (Å²) in [4.78, 5) is 0. The van der Waals surface area contributed by atoms with Gasteiger partial charge in [0, 0.05) is 4.47 Å². The third-order valence-electron chi connectivity index (χ3n) is 1.49. The minimum atomic E-state index is -0.271. The van der Waals surface area contributed by atoms with Crippen LogP contribution in [-0.4, -0.2) is 6.54 Å². The van der Waals surface area contributed by atoms with E-state index in [1.807, 2.05) is 0 Å². The number of halogens is 2. The molecular weight excluding hydrogens is 233 g/mol. The summed E-state index contributed by atoms with van der Waals surface area (Å²) in [6, 6.07) is 4.84. The monoisotopic (exact) mass is 241 g/mol. The molecule has 1 N–H and O–H groups in total. The molecule has 68 valence electrons. The van der Waals surface area contributed by atoms with Crippen LogP contribution in [-0.2, 0) is 0 Å². The Morgan fingerprint density at radius 1 is 1.54 bits per heavy atom. The zero-order valence-corrected chi connectivity index (χ0v) is 8.78. The van der Waals surface area contributed by atoms with Gasteiger partial charge in [0.1, 0.15) is 5.82 Å². The molecule has 0 spiro atoms. The van der Waals surface area contributed by atoms with E-state index >= 15 is 0 Å². The number of rotatable bonds is 2. The zero-order chi connectivity index (χ0) is 9.68. The van der Waals surface area contributed by atoms with Gasteiger partial charge in [-0.2, -0.15) is 0 Å². The van der Waals surface area contributed by atoms with Gasteiger partial charge in [0.15, 0.2) is 0 Å². The lowest BCUT2D eigenvalue weighted by Crippen LogP contribution is -2.01. The third kappa shape index (κ3) is 2.74. The van der Waals surface area contributed by atoms with Crippen LogP contribution in [0.2, 0.25) is 0 Å². The van der Waals surface area contributed by atoms with E-state index in [1.165, 1.54) is 6.07 Å². The molecule has 0 bridgehead atoms. The van der Waals surface area contributed by atoms with Crippen LogP contribution in [0, 0.1) is 17.7 Å². The number of hydrogen-bond donors (Lipinski definition) is 1. The molecule has 0 saturated heterocycles. The predicted octanol–water partition coefficient (Wildman–Crippen LogP) is 3.02. The standard InChI is InChI=1S/C10H9BrFN/c1-2-3-7-13-10-8(11)5-4-6-9(10)12/h4-6,13H,7H2,1H3. The summed E-state index contributed by atoms with van der Waals surface area (Å²) in [6.45, 7) is 2.20. The van der Waals surface area contributed by atoms with Crippen LogP contribution in [0.15, 0.2) is 22.7 Å². The van der Waals surface area contributed by atoms with Gasteiger partial charge in [-0.15, -0.1) is 5.92 Å². The van der Waals surface area contributed by atoms with Gasteiger partial charge in [-0.3, -0.25) is 0 Å². The first-order valence-corrected chi connectivity index (χ1v) is 4.62. The van der Waals surface area contributed by atoms with E-state index in [0.29, 0.717) is 16.7 Å². The van der Waals surface area contributed by atoms with Gasteiger partial charge in [-0.25, -0.2) is 4.39 Å². The summed E-state index contributed by atoms with van der Waals surface area (Å²) >= 11 is 3.25. The molecule has 1 aromatic carbocycles. The van der Waals surface area contributed by atoms with E-state index in [1.54, 1.807) is 19.1 Å². The molecule has 0 fully saturated rings. The maximum absolute atomic E-state index is 13.1. The molecule has 13 heavy (non-hydrogen) atoms. The summed E-state index contributed by atoms with van der Waals surface area (Å²) in [7, 11) is 0. The fraction of sp³-hybridized carbons (Fsp3) is 0.200. The van der Waals surface area contributed by atoms with Crippen LogP contribution < -0.4 is 5.32 Å². The summed E-state index contributed by atoms with van der Waals surface area (Å²) < 4.78 is 13.9. The van der Waals surface area contributed by atoms with Gasteiger partial charge in [-0.05, 0) is 35.0 Å². The van der Waals surface area contributed by atoms with Crippen molar-refractivity contribution in [2.75, 3.05) is 11.9 Å². The highest BCUT2D eigenvalue weighted by Crippen LogP contribution is 2.24. The number of anilines is 1. The van der Waals surface area contributed by atoms with Crippen molar-refractivity contribution >= 4 is 21.6 Å². The fourth-order valence-corrected chi connectivity index (χ4v) is 1.37. The van der Waals surface area contributed by atoms with Crippen molar-refractivity contribution in [3.63, 3.8) is 0 Å². The van der Waals surface area contributed by atoms with Crippen molar-refractivity contribution < 1.29 is 4.39 Å². The van der Waals surface area contributed by atoms with Crippen LogP contribution in [0.1, 0.15) is 6.92 Å². The van der Waals surface area contributed by atoms with Crippen LogP contribution in [0.4, 0.5) is 10.1 Å². The molecule has 0 radical (unpaired) electrons. The Morgan fingerprint density at radius 2 is 2.31 bits per heavy atom. The Bertz CT molecular complexity index is 331. The van der Waals surface area contributed by atoms with Gasteiger partial charge in [-0.1, -0.05) is 12.0 Å². The average molecular weight is 242 g/mol. The summed E-state index contributed by atoms with van der Waals surface area (Å²) in [5, 5.41) is 2.89. The Balaban J connectivity index is 2.79. The molecule has 0 atom stereocenters. The molecular formula is C10H9BrFN. The van der Waals surface area contributed by atoms with Gasteiger partial charge in [0.05, 0.1) is 12.2 Å². The third-order valence-corrected chi connectivity index (χ3v) is 2.15. The molecule has 0 unspecified atom stereocenters. The zero-order valence-electron chi connectivity index (χ0n) is 7.20. The van der Waals surface area contributed by atoms with Crippen molar-refractivity contribution in [2.45, 2.75) is 6.92 Å². The van der Waals surface area contributed by atoms with E-state index in [2.05, 4.69) is 33.1 Å². The Labute approximate surface area is 85.5 Å². The fourth-order valence-electron chi connectivity index (χ4n) is 0.888. The van der Waals surface area contributed by atoms with E-state index < -0.39 is 0 Å². The highest BCUT2D eigenvalue weighted by molar-refractivity contribution is 9.10. The van der Waals surface area contributed by atoms with Crippen LogP contribution in [0.5, 0.6) is 0 Å². The van der Waals surface area contributed by atoms with Crippen LogP contribution >= 0.6 is 15.9 Å². The summed E-state index contributed by atoms with van der Waals surface area (Å²) in [5.41, 5.74) is 0.463. The second kappa shape index (κ2) is 4.88. The molecule has 0 saturated carbocycles. The van der Waals surface area contributed by atoms with Crippen molar-refractivity contribution in [1.82, 2.24) is 0 Å². The minimum absolute atomic E-state index is 0.271. The molecule has 3 heteroatoms. The summed E-state index contributed by atoms with van der Waals surface area (Å²) in [5.74, 6) is 5.26. The molecule has 1 nitrogen and oxygen atoms in total. The number of hydrogen-bond acceptors (Lipinski definition) is 1. The number of para-hydroxylation sites is 1. The highest BCUT2D eigenvalue weighted by Gasteiger charge is 2.03.